The predicted octanol–water partition coefficient (Wildman–Crippen LogP) is 1.93. The topological polar surface area (TPSA) is 84.2 Å². The molecule has 0 aliphatic rings. The number of carbonyl (C=O) groups excluding carboxylic acids is 1. The number of hydrogen-bond acceptors (Lipinski definition) is 3. The summed E-state index contributed by atoms with van der Waals surface area (Å²) in [7, 11) is 1.82. The SMILES string of the molecule is CC(NC(=O)CCc1ccccc1C(=O)O)c1cnn(C)c1. The standard InChI is InChI=1S/C16H19N3O3/c1-11(13-9-17-19(2)10-13)18-15(20)8-7-12-5-3-4-6-14(12)16(21)22/h3-6,9-11H,7-8H2,1-2H3,(H,18,20)(H,21,22). The molecule has 2 rings (SSSR count). The Morgan fingerprint density at radius 2 is 2.09 bits per heavy atom. The summed E-state index contributed by atoms with van der Waals surface area (Å²) in [4.78, 5) is 23.1. The first-order chi connectivity index (χ1) is 10.5. The molecular formula is C16H19N3O3. The molecule has 2 aromatic rings. The predicted molar refractivity (Wildman–Crippen MR) is 81.5 cm³/mol. The maximum absolute atomic E-state index is 12.0. The van der Waals surface area contributed by atoms with Crippen molar-refractivity contribution in [2.24, 2.45) is 7.05 Å². The van der Waals surface area contributed by atoms with E-state index in [1.807, 2.05) is 20.2 Å². The number of aromatic carboxylic acids is 1. The van der Waals surface area contributed by atoms with E-state index < -0.39 is 5.97 Å². The lowest BCUT2D eigenvalue weighted by Crippen LogP contribution is -2.26. The molecule has 0 radical (unpaired) electrons. The maximum Gasteiger partial charge on any atom is 0.335 e. The van der Waals surface area contributed by atoms with Crippen LogP contribution in [0.25, 0.3) is 0 Å². The zero-order valence-electron chi connectivity index (χ0n) is 12.6. The Hall–Kier alpha value is -2.63. The highest BCUT2D eigenvalue weighted by Crippen LogP contribution is 2.13. The van der Waals surface area contributed by atoms with Crippen molar-refractivity contribution >= 4 is 11.9 Å². The van der Waals surface area contributed by atoms with Crippen LogP contribution in [-0.2, 0) is 18.3 Å². The summed E-state index contributed by atoms with van der Waals surface area (Å²) < 4.78 is 1.68. The zero-order chi connectivity index (χ0) is 16.1. The molecule has 6 heteroatoms. The van der Waals surface area contributed by atoms with E-state index in [-0.39, 0.29) is 23.9 Å². The number of nitrogens with one attached hydrogen (secondary N) is 1. The summed E-state index contributed by atoms with van der Waals surface area (Å²) in [5, 5.41) is 16.1. The number of benzene rings is 1. The van der Waals surface area contributed by atoms with Gasteiger partial charge in [-0.3, -0.25) is 9.48 Å². The van der Waals surface area contributed by atoms with Gasteiger partial charge in [0.25, 0.3) is 0 Å². The van der Waals surface area contributed by atoms with Crippen molar-refractivity contribution in [3.8, 4) is 0 Å². The van der Waals surface area contributed by atoms with Crippen LogP contribution >= 0.6 is 0 Å². The van der Waals surface area contributed by atoms with E-state index >= 15 is 0 Å². The van der Waals surface area contributed by atoms with E-state index in [2.05, 4.69) is 10.4 Å². The number of hydrogen-bond donors (Lipinski definition) is 2. The lowest BCUT2D eigenvalue weighted by atomic mass is 10.0. The van der Waals surface area contributed by atoms with Gasteiger partial charge in [-0.1, -0.05) is 18.2 Å². The van der Waals surface area contributed by atoms with Crippen molar-refractivity contribution in [3.63, 3.8) is 0 Å². The van der Waals surface area contributed by atoms with Gasteiger partial charge in [0.15, 0.2) is 0 Å². The molecule has 0 fully saturated rings. The van der Waals surface area contributed by atoms with Gasteiger partial charge in [0.1, 0.15) is 0 Å². The minimum Gasteiger partial charge on any atom is -0.478 e. The van der Waals surface area contributed by atoms with E-state index in [1.54, 1.807) is 35.1 Å². The molecule has 0 aliphatic carbocycles. The third-order valence-electron chi connectivity index (χ3n) is 3.47. The molecule has 116 valence electrons. The van der Waals surface area contributed by atoms with Crippen LogP contribution in [0.1, 0.15) is 40.9 Å². The van der Waals surface area contributed by atoms with Crippen molar-refractivity contribution < 1.29 is 14.7 Å². The highest BCUT2D eigenvalue weighted by atomic mass is 16.4. The van der Waals surface area contributed by atoms with Gasteiger partial charge in [-0.25, -0.2) is 4.79 Å². The van der Waals surface area contributed by atoms with Crippen LogP contribution in [0.2, 0.25) is 0 Å². The van der Waals surface area contributed by atoms with Gasteiger partial charge in [0.05, 0.1) is 17.8 Å². The van der Waals surface area contributed by atoms with Crippen LogP contribution in [0, 0.1) is 0 Å². The van der Waals surface area contributed by atoms with Gasteiger partial charge < -0.3 is 10.4 Å². The smallest absolute Gasteiger partial charge is 0.335 e. The van der Waals surface area contributed by atoms with E-state index in [0.29, 0.717) is 12.0 Å². The molecular weight excluding hydrogens is 282 g/mol. The molecule has 1 aromatic heterocycles. The quantitative estimate of drug-likeness (QED) is 0.854. The number of rotatable bonds is 6. The van der Waals surface area contributed by atoms with E-state index in [1.165, 1.54) is 0 Å². The summed E-state index contributed by atoms with van der Waals surface area (Å²) in [6.07, 6.45) is 4.21. The molecule has 1 heterocycles. The van der Waals surface area contributed by atoms with Gasteiger partial charge >= 0.3 is 5.97 Å². The van der Waals surface area contributed by atoms with Crippen LogP contribution in [0.5, 0.6) is 0 Å². The monoisotopic (exact) mass is 301 g/mol. The van der Waals surface area contributed by atoms with Crippen molar-refractivity contribution in [3.05, 3.63) is 53.3 Å². The summed E-state index contributed by atoms with van der Waals surface area (Å²) >= 11 is 0. The van der Waals surface area contributed by atoms with E-state index in [0.717, 1.165) is 5.56 Å². The molecule has 1 atom stereocenters. The first-order valence-corrected chi connectivity index (χ1v) is 7.06. The molecule has 1 unspecified atom stereocenters. The zero-order valence-corrected chi connectivity index (χ0v) is 12.6. The van der Waals surface area contributed by atoms with Crippen molar-refractivity contribution in [2.75, 3.05) is 0 Å². The molecule has 0 saturated heterocycles. The fourth-order valence-electron chi connectivity index (χ4n) is 2.26. The van der Waals surface area contributed by atoms with Crippen molar-refractivity contribution in [1.29, 1.82) is 0 Å². The number of aromatic nitrogens is 2. The third kappa shape index (κ3) is 3.94. The first kappa shape index (κ1) is 15.8. The lowest BCUT2D eigenvalue weighted by Gasteiger charge is -2.12. The summed E-state index contributed by atoms with van der Waals surface area (Å²) in [6.45, 7) is 1.89. The molecule has 0 aliphatic heterocycles. The molecule has 22 heavy (non-hydrogen) atoms. The Morgan fingerprint density at radius 3 is 2.73 bits per heavy atom. The number of aryl methyl sites for hydroxylation is 2. The number of carboxylic acid groups (broad SMARTS) is 1. The number of amides is 1. The van der Waals surface area contributed by atoms with Crippen LogP contribution in [0.15, 0.2) is 36.7 Å². The molecule has 1 aromatic carbocycles. The first-order valence-electron chi connectivity index (χ1n) is 7.06. The highest BCUT2D eigenvalue weighted by molar-refractivity contribution is 5.89. The Balaban J connectivity index is 1.92. The van der Waals surface area contributed by atoms with Gasteiger partial charge in [-0.15, -0.1) is 0 Å². The normalized spacial score (nSPS) is 11.9. The Kier molecular flexibility index (Phi) is 4.93. The highest BCUT2D eigenvalue weighted by Gasteiger charge is 2.13. The summed E-state index contributed by atoms with van der Waals surface area (Å²) in [5.74, 6) is -1.09. The molecule has 6 nitrogen and oxygen atoms in total. The maximum atomic E-state index is 12.0. The number of nitrogens with zero attached hydrogens (tertiary/aromatic N) is 2. The molecule has 0 saturated carbocycles. The largest absolute Gasteiger partial charge is 0.478 e. The van der Waals surface area contributed by atoms with Crippen LogP contribution in [0.4, 0.5) is 0 Å². The van der Waals surface area contributed by atoms with Crippen LogP contribution < -0.4 is 5.32 Å². The van der Waals surface area contributed by atoms with Crippen molar-refractivity contribution in [1.82, 2.24) is 15.1 Å². The minimum atomic E-state index is -0.972. The van der Waals surface area contributed by atoms with Gasteiger partial charge in [0.2, 0.25) is 5.91 Å². The second kappa shape index (κ2) is 6.89. The molecule has 1 amide bonds. The summed E-state index contributed by atoms with van der Waals surface area (Å²) in [6, 6.07) is 6.61. The molecule has 0 bridgehead atoms. The Morgan fingerprint density at radius 1 is 1.36 bits per heavy atom. The third-order valence-corrected chi connectivity index (χ3v) is 3.47. The van der Waals surface area contributed by atoms with E-state index in [4.69, 9.17) is 5.11 Å². The second-order valence-electron chi connectivity index (χ2n) is 5.20. The van der Waals surface area contributed by atoms with Crippen molar-refractivity contribution in [2.45, 2.75) is 25.8 Å². The van der Waals surface area contributed by atoms with Crippen LogP contribution in [0.3, 0.4) is 0 Å². The lowest BCUT2D eigenvalue weighted by molar-refractivity contribution is -0.121. The molecule has 2 N–H and O–H groups in total. The van der Waals surface area contributed by atoms with Gasteiger partial charge in [-0.05, 0) is 25.0 Å². The fourth-order valence-corrected chi connectivity index (χ4v) is 2.26. The Labute approximate surface area is 128 Å². The minimum absolute atomic E-state index is 0.114. The van der Waals surface area contributed by atoms with Gasteiger partial charge in [-0.2, -0.15) is 5.10 Å². The fraction of sp³-hybridized carbons (Fsp3) is 0.312. The number of carboxylic acids is 1. The van der Waals surface area contributed by atoms with Gasteiger partial charge in [0, 0.05) is 25.2 Å². The second-order valence-corrected chi connectivity index (χ2v) is 5.20. The average Bonchev–Trinajstić information content (AvgIpc) is 2.92. The number of carbonyl (C=O) groups is 2. The van der Waals surface area contributed by atoms with E-state index in [9.17, 15) is 9.59 Å². The summed E-state index contributed by atoms with van der Waals surface area (Å²) in [5.41, 5.74) is 1.84. The Bertz CT molecular complexity index is 679. The average molecular weight is 301 g/mol. The van der Waals surface area contributed by atoms with Crippen LogP contribution in [-0.4, -0.2) is 26.8 Å². The molecule has 0 spiro atoms.